The molecule has 0 aliphatic heterocycles. The Hall–Kier alpha value is -1.88. The van der Waals surface area contributed by atoms with Crippen molar-refractivity contribution in [1.29, 1.82) is 0 Å². The number of terminal acetylenes is 1. The first-order valence-electron chi connectivity index (χ1n) is 6.53. The van der Waals surface area contributed by atoms with E-state index in [0.717, 1.165) is 22.3 Å². The highest BCUT2D eigenvalue weighted by Crippen LogP contribution is 2.37. The molecule has 1 aliphatic rings. The number of carbonyl (C=O) groups is 2. The molecule has 1 aromatic carbocycles. The van der Waals surface area contributed by atoms with Crippen LogP contribution in [0.5, 0.6) is 0 Å². The Morgan fingerprint density at radius 1 is 1.21 bits per heavy atom. The van der Waals surface area contributed by atoms with E-state index in [2.05, 4.69) is 5.92 Å². The molecule has 0 saturated heterocycles. The molecule has 1 fully saturated rings. The van der Waals surface area contributed by atoms with Crippen molar-refractivity contribution in [1.82, 2.24) is 0 Å². The minimum atomic E-state index is -0.598. The van der Waals surface area contributed by atoms with E-state index in [1.165, 1.54) is 0 Å². The summed E-state index contributed by atoms with van der Waals surface area (Å²) in [7, 11) is 0. The second-order valence-electron chi connectivity index (χ2n) is 5.42. The maximum absolute atomic E-state index is 12.4. The van der Waals surface area contributed by atoms with Crippen LogP contribution in [0.3, 0.4) is 0 Å². The molecule has 98 valence electrons. The highest BCUT2D eigenvalue weighted by molar-refractivity contribution is 6.15. The van der Waals surface area contributed by atoms with Crippen molar-refractivity contribution in [2.24, 2.45) is 5.92 Å². The predicted molar refractivity (Wildman–Crippen MR) is 75.0 cm³/mol. The van der Waals surface area contributed by atoms with Gasteiger partial charge in [0.25, 0.3) is 0 Å². The molecular formula is C17H18O2. The molecular weight excluding hydrogens is 236 g/mol. The van der Waals surface area contributed by atoms with Gasteiger partial charge in [0.05, 0.1) is 0 Å². The van der Waals surface area contributed by atoms with Crippen LogP contribution >= 0.6 is 0 Å². The van der Waals surface area contributed by atoms with E-state index in [-0.39, 0.29) is 17.5 Å². The lowest BCUT2D eigenvalue weighted by Gasteiger charge is -2.16. The molecule has 0 heterocycles. The molecule has 2 unspecified atom stereocenters. The summed E-state index contributed by atoms with van der Waals surface area (Å²) >= 11 is 0. The number of benzene rings is 1. The highest BCUT2D eigenvalue weighted by Gasteiger charge is 2.42. The van der Waals surface area contributed by atoms with E-state index in [9.17, 15) is 9.59 Å². The van der Waals surface area contributed by atoms with Gasteiger partial charge in [-0.3, -0.25) is 9.59 Å². The number of rotatable bonds is 2. The Bertz CT molecular complexity index is 567. The van der Waals surface area contributed by atoms with Crippen LogP contribution in [0.1, 0.15) is 41.0 Å². The van der Waals surface area contributed by atoms with Gasteiger partial charge in [0.15, 0.2) is 5.78 Å². The fourth-order valence-electron chi connectivity index (χ4n) is 3.12. The van der Waals surface area contributed by atoms with Crippen LogP contribution < -0.4 is 0 Å². The van der Waals surface area contributed by atoms with Crippen LogP contribution in [0.2, 0.25) is 0 Å². The smallest absolute Gasteiger partial charge is 0.152 e. The molecule has 0 spiro atoms. The van der Waals surface area contributed by atoms with Crippen molar-refractivity contribution in [2.45, 2.75) is 39.5 Å². The van der Waals surface area contributed by atoms with E-state index < -0.39 is 5.92 Å². The summed E-state index contributed by atoms with van der Waals surface area (Å²) in [6.07, 6.45) is 5.92. The van der Waals surface area contributed by atoms with Gasteiger partial charge >= 0.3 is 0 Å². The standard InChI is InChI=1S/C17H18O2/c1-5-6-13-9-14(18)16(17(13)19)15-11(3)7-10(2)8-12(15)4/h1,7-8,13,16H,6,9H2,2-4H3. The van der Waals surface area contributed by atoms with Crippen LogP contribution in [-0.4, -0.2) is 11.6 Å². The molecule has 0 radical (unpaired) electrons. The summed E-state index contributed by atoms with van der Waals surface area (Å²) < 4.78 is 0. The van der Waals surface area contributed by atoms with Gasteiger partial charge < -0.3 is 0 Å². The first-order chi connectivity index (χ1) is 8.95. The minimum Gasteiger partial charge on any atom is -0.298 e. The largest absolute Gasteiger partial charge is 0.298 e. The second-order valence-corrected chi connectivity index (χ2v) is 5.42. The summed E-state index contributed by atoms with van der Waals surface area (Å²) in [4.78, 5) is 24.5. The van der Waals surface area contributed by atoms with Gasteiger partial charge in [0.1, 0.15) is 11.7 Å². The summed E-state index contributed by atoms with van der Waals surface area (Å²) in [5, 5.41) is 0. The molecule has 2 nitrogen and oxygen atoms in total. The molecule has 0 bridgehead atoms. The minimum absolute atomic E-state index is 0.00185. The summed E-state index contributed by atoms with van der Waals surface area (Å²) in [6.45, 7) is 5.94. The van der Waals surface area contributed by atoms with Crippen molar-refractivity contribution < 1.29 is 9.59 Å². The van der Waals surface area contributed by atoms with Crippen LogP contribution in [0, 0.1) is 39.0 Å². The summed E-state index contributed by atoms with van der Waals surface area (Å²) in [6, 6.07) is 4.05. The lowest BCUT2D eigenvalue weighted by Crippen LogP contribution is -2.17. The maximum Gasteiger partial charge on any atom is 0.152 e. The third kappa shape index (κ3) is 2.33. The van der Waals surface area contributed by atoms with Crippen molar-refractivity contribution >= 4 is 11.6 Å². The molecule has 1 aromatic rings. The Kier molecular flexibility index (Phi) is 3.57. The quantitative estimate of drug-likeness (QED) is 0.600. The molecule has 0 aromatic heterocycles. The molecule has 19 heavy (non-hydrogen) atoms. The van der Waals surface area contributed by atoms with Gasteiger partial charge in [-0.25, -0.2) is 0 Å². The lowest BCUT2D eigenvalue weighted by molar-refractivity contribution is -0.124. The van der Waals surface area contributed by atoms with E-state index in [0.29, 0.717) is 12.8 Å². The van der Waals surface area contributed by atoms with Gasteiger partial charge in [-0.05, 0) is 37.5 Å². The normalized spacial score (nSPS) is 22.6. The zero-order valence-corrected chi connectivity index (χ0v) is 11.6. The number of aryl methyl sites for hydroxylation is 3. The summed E-state index contributed by atoms with van der Waals surface area (Å²) in [5.41, 5.74) is 4.08. The first kappa shape index (κ1) is 13.5. The van der Waals surface area contributed by atoms with Crippen LogP contribution in [0.4, 0.5) is 0 Å². The Morgan fingerprint density at radius 3 is 2.32 bits per heavy atom. The number of hydrogen-bond donors (Lipinski definition) is 0. The third-order valence-corrected chi connectivity index (χ3v) is 3.85. The fraction of sp³-hybridized carbons (Fsp3) is 0.412. The number of carbonyl (C=O) groups excluding carboxylic acids is 2. The highest BCUT2D eigenvalue weighted by atomic mass is 16.2. The summed E-state index contributed by atoms with van der Waals surface area (Å²) in [5.74, 6) is 1.62. The van der Waals surface area contributed by atoms with Gasteiger partial charge in [0.2, 0.25) is 0 Å². The van der Waals surface area contributed by atoms with Crippen LogP contribution in [0.25, 0.3) is 0 Å². The number of hydrogen-bond acceptors (Lipinski definition) is 2. The van der Waals surface area contributed by atoms with Crippen molar-refractivity contribution in [2.75, 3.05) is 0 Å². The molecule has 0 amide bonds. The van der Waals surface area contributed by atoms with E-state index >= 15 is 0 Å². The third-order valence-electron chi connectivity index (χ3n) is 3.85. The molecule has 1 aliphatic carbocycles. The Labute approximate surface area is 114 Å². The van der Waals surface area contributed by atoms with Gasteiger partial charge in [0, 0.05) is 18.8 Å². The van der Waals surface area contributed by atoms with Gasteiger partial charge in [-0.2, -0.15) is 0 Å². The number of Topliss-reactive ketones (excluding diaryl/α,β-unsaturated/α-hetero) is 2. The Morgan fingerprint density at radius 2 is 1.79 bits per heavy atom. The van der Waals surface area contributed by atoms with E-state index in [1.54, 1.807) is 0 Å². The van der Waals surface area contributed by atoms with Crippen LogP contribution in [0.15, 0.2) is 12.1 Å². The average Bonchev–Trinajstić information content (AvgIpc) is 2.56. The van der Waals surface area contributed by atoms with E-state index in [4.69, 9.17) is 6.42 Å². The fourth-order valence-corrected chi connectivity index (χ4v) is 3.12. The second kappa shape index (κ2) is 5.01. The molecule has 2 heteroatoms. The van der Waals surface area contributed by atoms with E-state index in [1.807, 2.05) is 32.9 Å². The maximum atomic E-state index is 12.4. The molecule has 2 atom stereocenters. The Balaban J connectivity index is 2.46. The predicted octanol–water partition coefficient (Wildman–Crippen LogP) is 2.88. The zero-order chi connectivity index (χ0) is 14.2. The topological polar surface area (TPSA) is 34.1 Å². The SMILES string of the molecule is C#CCC1CC(=O)C(c2c(C)cc(C)cc2C)C1=O. The molecule has 0 N–H and O–H groups in total. The van der Waals surface area contributed by atoms with Crippen molar-refractivity contribution in [3.63, 3.8) is 0 Å². The molecule has 1 saturated carbocycles. The van der Waals surface area contributed by atoms with Gasteiger partial charge in [-0.1, -0.05) is 17.7 Å². The monoisotopic (exact) mass is 254 g/mol. The van der Waals surface area contributed by atoms with Crippen molar-refractivity contribution in [3.05, 3.63) is 34.4 Å². The zero-order valence-electron chi connectivity index (χ0n) is 11.6. The average molecular weight is 254 g/mol. The van der Waals surface area contributed by atoms with Gasteiger partial charge in [-0.15, -0.1) is 12.3 Å². The molecule has 2 rings (SSSR count). The lowest BCUT2D eigenvalue weighted by atomic mass is 9.86. The number of ketones is 2. The van der Waals surface area contributed by atoms with Crippen LogP contribution in [-0.2, 0) is 9.59 Å². The first-order valence-corrected chi connectivity index (χ1v) is 6.53. The van der Waals surface area contributed by atoms with Crippen molar-refractivity contribution in [3.8, 4) is 12.3 Å².